The SMILES string of the molecule is CC(C)C1=CCC2(CCC1)CCC2. The average molecular weight is 178 g/mol. The molecule has 0 aromatic rings. The molecule has 0 atom stereocenters. The van der Waals surface area contributed by atoms with Crippen LogP contribution in [-0.2, 0) is 0 Å². The van der Waals surface area contributed by atoms with Crippen molar-refractivity contribution >= 4 is 0 Å². The van der Waals surface area contributed by atoms with E-state index in [0.29, 0.717) is 0 Å². The smallest absolute Gasteiger partial charge is 0.0260 e. The molecule has 0 aliphatic heterocycles. The summed E-state index contributed by atoms with van der Waals surface area (Å²) in [7, 11) is 0. The zero-order valence-corrected chi connectivity index (χ0v) is 9.10. The van der Waals surface area contributed by atoms with Crippen LogP contribution in [0.2, 0.25) is 0 Å². The van der Waals surface area contributed by atoms with Crippen LogP contribution >= 0.6 is 0 Å². The molecule has 2 aliphatic rings. The van der Waals surface area contributed by atoms with Crippen LogP contribution in [0.1, 0.15) is 58.8 Å². The van der Waals surface area contributed by atoms with Crippen LogP contribution in [0.5, 0.6) is 0 Å². The van der Waals surface area contributed by atoms with Gasteiger partial charge < -0.3 is 0 Å². The second-order valence-corrected chi connectivity index (χ2v) is 5.34. The van der Waals surface area contributed by atoms with Crippen LogP contribution in [0.15, 0.2) is 11.6 Å². The standard InChI is InChI=1S/C13H22/c1-11(2)12-5-3-7-13(10-6-12)8-4-9-13/h6,11H,3-5,7-10H2,1-2H3. The first-order valence-corrected chi connectivity index (χ1v) is 5.91. The molecule has 1 spiro atoms. The lowest BCUT2D eigenvalue weighted by molar-refractivity contribution is 0.123. The summed E-state index contributed by atoms with van der Waals surface area (Å²) >= 11 is 0. The van der Waals surface area contributed by atoms with E-state index in [0.717, 1.165) is 11.3 Å². The van der Waals surface area contributed by atoms with Crippen LogP contribution < -0.4 is 0 Å². The predicted molar refractivity (Wildman–Crippen MR) is 57.7 cm³/mol. The van der Waals surface area contributed by atoms with Gasteiger partial charge in [-0.05, 0) is 49.9 Å². The second kappa shape index (κ2) is 3.48. The maximum Gasteiger partial charge on any atom is -0.0260 e. The minimum absolute atomic E-state index is 0.774. The lowest BCUT2D eigenvalue weighted by Crippen LogP contribution is -2.27. The second-order valence-electron chi connectivity index (χ2n) is 5.34. The zero-order chi connectivity index (χ0) is 9.31. The van der Waals surface area contributed by atoms with Gasteiger partial charge in [0.1, 0.15) is 0 Å². The van der Waals surface area contributed by atoms with E-state index in [1.807, 2.05) is 0 Å². The van der Waals surface area contributed by atoms with Crippen LogP contribution in [0.4, 0.5) is 0 Å². The van der Waals surface area contributed by atoms with Crippen molar-refractivity contribution in [3.8, 4) is 0 Å². The maximum absolute atomic E-state index is 2.57. The molecule has 0 unspecified atom stereocenters. The lowest BCUT2D eigenvalue weighted by Gasteiger charge is -2.41. The molecule has 0 nitrogen and oxygen atoms in total. The highest BCUT2D eigenvalue weighted by Crippen LogP contribution is 2.50. The Labute approximate surface area is 82.4 Å². The van der Waals surface area contributed by atoms with Gasteiger partial charge in [0.15, 0.2) is 0 Å². The van der Waals surface area contributed by atoms with Crippen LogP contribution in [0.3, 0.4) is 0 Å². The highest BCUT2D eigenvalue weighted by atomic mass is 14.4. The summed E-state index contributed by atoms with van der Waals surface area (Å²) in [5.41, 5.74) is 2.50. The molecule has 0 N–H and O–H groups in total. The van der Waals surface area contributed by atoms with Crippen molar-refractivity contribution < 1.29 is 0 Å². The van der Waals surface area contributed by atoms with Gasteiger partial charge in [0, 0.05) is 0 Å². The average Bonchev–Trinajstić information content (AvgIpc) is 2.24. The molecule has 0 bridgehead atoms. The van der Waals surface area contributed by atoms with Crippen molar-refractivity contribution in [3.05, 3.63) is 11.6 Å². The first-order chi connectivity index (χ1) is 6.22. The largest absolute Gasteiger partial charge is 0.0845 e. The van der Waals surface area contributed by atoms with Gasteiger partial charge in [-0.15, -0.1) is 0 Å². The van der Waals surface area contributed by atoms with Crippen LogP contribution in [0, 0.1) is 11.3 Å². The number of rotatable bonds is 1. The minimum atomic E-state index is 0.774. The topological polar surface area (TPSA) is 0 Å². The van der Waals surface area contributed by atoms with Crippen molar-refractivity contribution in [1.29, 1.82) is 0 Å². The molecule has 74 valence electrons. The number of hydrogen-bond donors (Lipinski definition) is 0. The molecule has 0 heterocycles. The first-order valence-electron chi connectivity index (χ1n) is 5.91. The normalized spacial score (nSPS) is 26.8. The summed E-state index contributed by atoms with van der Waals surface area (Å²) in [6, 6.07) is 0. The molecule has 0 radical (unpaired) electrons. The molecular weight excluding hydrogens is 156 g/mol. The van der Waals surface area contributed by atoms with Crippen molar-refractivity contribution in [2.45, 2.75) is 58.8 Å². The van der Waals surface area contributed by atoms with Gasteiger partial charge in [0.25, 0.3) is 0 Å². The Bertz CT molecular complexity index is 206. The van der Waals surface area contributed by atoms with Gasteiger partial charge in [0.2, 0.25) is 0 Å². The molecule has 0 aromatic carbocycles. The Kier molecular flexibility index (Phi) is 2.49. The monoisotopic (exact) mass is 178 g/mol. The Balaban J connectivity index is 2.02. The summed E-state index contributed by atoms with van der Waals surface area (Å²) in [5.74, 6) is 0.787. The van der Waals surface area contributed by atoms with Crippen LogP contribution in [-0.4, -0.2) is 0 Å². The third-order valence-corrected chi connectivity index (χ3v) is 4.13. The van der Waals surface area contributed by atoms with Gasteiger partial charge in [-0.1, -0.05) is 31.9 Å². The van der Waals surface area contributed by atoms with Crippen LogP contribution in [0.25, 0.3) is 0 Å². The summed E-state index contributed by atoms with van der Waals surface area (Å²) in [5, 5.41) is 0. The van der Waals surface area contributed by atoms with E-state index in [1.54, 1.807) is 5.57 Å². The molecule has 2 aliphatic carbocycles. The third-order valence-electron chi connectivity index (χ3n) is 4.13. The Morgan fingerprint density at radius 1 is 1.15 bits per heavy atom. The molecular formula is C13H22. The molecule has 0 saturated heterocycles. The number of hydrogen-bond acceptors (Lipinski definition) is 0. The first kappa shape index (κ1) is 9.30. The van der Waals surface area contributed by atoms with Gasteiger partial charge >= 0.3 is 0 Å². The van der Waals surface area contributed by atoms with Gasteiger partial charge in [0.05, 0.1) is 0 Å². The zero-order valence-electron chi connectivity index (χ0n) is 9.10. The highest BCUT2D eigenvalue weighted by molar-refractivity contribution is 5.10. The number of allylic oxidation sites excluding steroid dienone is 2. The Morgan fingerprint density at radius 3 is 2.38 bits per heavy atom. The maximum atomic E-state index is 2.57. The third kappa shape index (κ3) is 1.82. The molecule has 2 rings (SSSR count). The molecule has 0 heteroatoms. The van der Waals surface area contributed by atoms with Crippen molar-refractivity contribution in [1.82, 2.24) is 0 Å². The fourth-order valence-electron chi connectivity index (χ4n) is 2.87. The molecule has 1 fully saturated rings. The summed E-state index contributed by atoms with van der Waals surface area (Å²) in [4.78, 5) is 0. The summed E-state index contributed by atoms with van der Waals surface area (Å²) in [6.07, 6.45) is 12.8. The minimum Gasteiger partial charge on any atom is -0.0845 e. The fraction of sp³-hybridized carbons (Fsp3) is 0.846. The molecule has 0 aromatic heterocycles. The molecule has 0 amide bonds. The lowest BCUT2D eigenvalue weighted by atomic mass is 9.64. The van der Waals surface area contributed by atoms with Crippen molar-refractivity contribution in [3.63, 3.8) is 0 Å². The van der Waals surface area contributed by atoms with Gasteiger partial charge in [-0.2, -0.15) is 0 Å². The van der Waals surface area contributed by atoms with E-state index in [9.17, 15) is 0 Å². The van der Waals surface area contributed by atoms with E-state index < -0.39 is 0 Å². The fourth-order valence-corrected chi connectivity index (χ4v) is 2.87. The summed E-state index contributed by atoms with van der Waals surface area (Å²) < 4.78 is 0. The quantitative estimate of drug-likeness (QED) is 0.525. The Hall–Kier alpha value is -0.260. The van der Waals surface area contributed by atoms with E-state index in [1.165, 1.54) is 44.9 Å². The summed E-state index contributed by atoms with van der Waals surface area (Å²) in [6.45, 7) is 4.68. The van der Waals surface area contributed by atoms with Crippen molar-refractivity contribution in [2.24, 2.45) is 11.3 Å². The van der Waals surface area contributed by atoms with E-state index in [-0.39, 0.29) is 0 Å². The van der Waals surface area contributed by atoms with E-state index in [2.05, 4.69) is 19.9 Å². The molecule has 13 heavy (non-hydrogen) atoms. The van der Waals surface area contributed by atoms with E-state index in [4.69, 9.17) is 0 Å². The van der Waals surface area contributed by atoms with Crippen molar-refractivity contribution in [2.75, 3.05) is 0 Å². The Morgan fingerprint density at radius 2 is 1.85 bits per heavy atom. The highest BCUT2D eigenvalue weighted by Gasteiger charge is 2.36. The van der Waals surface area contributed by atoms with Gasteiger partial charge in [-0.3, -0.25) is 0 Å². The molecule has 1 saturated carbocycles. The van der Waals surface area contributed by atoms with E-state index >= 15 is 0 Å². The van der Waals surface area contributed by atoms with Gasteiger partial charge in [-0.25, -0.2) is 0 Å². The predicted octanol–water partition coefficient (Wildman–Crippen LogP) is 4.31.